The van der Waals surface area contributed by atoms with Gasteiger partial charge in [-0.2, -0.15) is 0 Å². The van der Waals surface area contributed by atoms with Gasteiger partial charge in [0.15, 0.2) is 0 Å². The van der Waals surface area contributed by atoms with Gasteiger partial charge >= 0.3 is 0 Å². The molecule has 0 atom stereocenters. The van der Waals surface area contributed by atoms with Crippen molar-refractivity contribution in [3.8, 4) is 22.8 Å². The molecule has 3 rings (SSSR count). The van der Waals surface area contributed by atoms with E-state index in [2.05, 4.69) is 10.3 Å². The first-order chi connectivity index (χ1) is 11.7. The van der Waals surface area contributed by atoms with Crippen LogP contribution in [-0.4, -0.2) is 36.7 Å². The summed E-state index contributed by atoms with van der Waals surface area (Å²) in [5, 5.41) is 3.75. The van der Waals surface area contributed by atoms with Crippen LogP contribution < -0.4 is 20.5 Å². The van der Waals surface area contributed by atoms with Crippen molar-refractivity contribution in [2.75, 3.05) is 32.6 Å². The minimum Gasteiger partial charge on any atom is -0.496 e. The van der Waals surface area contributed by atoms with Crippen LogP contribution in [0.5, 0.6) is 11.5 Å². The van der Waals surface area contributed by atoms with Gasteiger partial charge in [0.2, 0.25) is 0 Å². The van der Waals surface area contributed by atoms with Crippen molar-refractivity contribution in [2.24, 2.45) is 5.73 Å². The molecule has 2 heterocycles. The van der Waals surface area contributed by atoms with Gasteiger partial charge in [-0.05, 0) is 12.1 Å². The minimum absolute atomic E-state index is 0.510. The van der Waals surface area contributed by atoms with Crippen molar-refractivity contribution in [2.45, 2.75) is 0 Å². The summed E-state index contributed by atoms with van der Waals surface area (Å²) >= 11 is 6.25. The highest BCUT2D eigenvalue weighted by Gasteiger charge is 2.14. The van der Waals surface area contributed by atoms with E-state index in [1.54, 1.807) is 26.4 Å². The standard InChI is InChI=1S/C17H19ClN4O2/c1-23-15-9-16(24-2)13(18)8-12(15)14-10-22-6-3-11(20-5-4-19)7-17(22)21-14/h3,6-10,20H,4-5,19H2,1-2H3. The Bertz CT molecular complexity index is 863. The molecule has 3 N–H and O–H groups in total. The van der Waals surface area contributed by atoms with E-state index in [-0.39, 0.29) is 0 Å². The summed E-state index contributed by atoms with van der Waals surface area (Å²) in [6.45, 7) is 1.29. The molecule has 2 aromatic heterocycles. The summed E-state index contributed by atoms with van der Waals surface area (Å²) in [4.78, 5) is 4.67. The Balaban J connectivity index is 2.04. The first kappa shape index (κ1) is 16.4. The monoisotopic (exact) mass is 346 g/mol. The maximum atomic E-state index is 6.25. The Labute approximate surface area is 145 Å². The van der Waals surface area contributed by atoms with E-state index in [0.717, 1.165) is 22.6 Å². The topological polar surface area (TPSA) is 73.8 Å². The van der Waals surface area contributed by atoms with Gasteiger partial charge in [0.25, 0.3) is 0 Å². The maximum Gasteiger partial charge on any atom is 0.141 e. The second-order valence-electron chi connectivity index (χ2n) is 5.21. The Hall–Kier alpha value is -2.44. The molecule has 0 bridgehead atoms. The Morgan fingerprint density at radius 1 is 1.21 bits per heavy atom. The van der Waals surface area contributed by atoms with Gasteiger partial charge in [0.05, 0.1) is 24.9 Å². The van der Waals surface area contributed by atoms with Gasteiger partial charge in [-0.3, -0.25) is 0 Å². The lowest BCUT2D eigenvalue weighted by Gasteiger charge is -2.10. The third-order valence-corrected chi connectivity index (χ3v) is 3.98. The van der Waals surface area contributed by atoms with Crippen LogP contribution in [0.4, 0.5) is 5.69 Å². The number of hydrogen-bond acceptors (Lipinski definition) is 5. The lowest BCUT2D eigenvalue weighted by atomic mass is 10.1. The van der Waals surface area contributed by atoms with E-state index in [9.17, 15) is 0 Å². The fourth-order valence-corrected chi connectivity index (χ4v) is 2.74. The van der Waals surface area contributed by atoms with Gasteiger partial charge in [-0.15, -0.1) is 0 Å². The molecule has 0 saturated heterocycles. The number of methoxy groups -OCH3 is 2. The predicted molar refractivity (Wildman–Crippen MR) is 96.3 cm³/mol. The first-order valence-electron chi connectivity index (χ1n) is 7.51. The number of ether oxygens (including phenoxy) is 2. The average molecular weight is 347 g/mol. The lowest BCUT2D eigenvalue weighted by molar-refractivity contribution is 0.395. The highest BCUT2D eigenvalue weighted by molar-refractivity contribution is 6.32. The van der Waals surface area contributed by atoms with Crippen molar-refractivity contribution in [3.05, 3.63) is 41.7 Å². The summed E-state index contributed by atoms with van der Waals surface area (Å²) in [5.41, 5.74) is 8.90. The van der Waals surface area contributed by atoms with E-state index in [1.807, 2.05) is 28.9 Å². The number of hydrogen-bond donors (Lipinski definition) is 2. The second kappa shape index (κ2) is 6.98. The Morgan fingerprint density at radius 2 is 2.00 bits per heavy atom. The molecule has 0 amide bonds. The summed E-state index contributed by atoms with van der Waals surface area (Å²) in [6.07, 6.45) is 3.88. The van der Waals surface area contributed by atoms with Crippen LogP contribution >= 0.6 is 11.6 Å². The zero-order valence-electron chi connectivity index (χ0n) is 13.5. The highest BCUT2D eigenvalue weighted by atomic mass is 35.5. The molecule has 0 unspecified atom stereocenters. The molecule has 0 radical (unpaired) electrons. The normalized spacial score (nSPS) is 10.8. The van der Waals surface area contributed by atoms with Crippen LogP contribution in [-0.2, 0) is 0 Å². The average Bonchev–Trinajstić information content (AvgIpc) is 3.02. The second-order valence-corrected chi connectivity index (χ2v) is 5.62. The first-order valence-corrected chi connectivity index (χ1v) is 7.88. The molecule has 0 fully saturated rings. The Kier molecular flexibility index (Phi) is 4.78. The molecule has 7 heteroatoms. The van der Waals surface area contributed by atoms with Crippen molar-refractivity contribution < 1.29 is 9.47 Å². The number of benzene rings is 1. The highest BCUT2D eigenvalue weighted by Crippen LogP contribution is 2.38. The molecule has 0 aliphatic heterocycles. The quantitative estimate of drug-likeness (QED) is 0.717. The molecule has 0 aliphatic rings. The van der Waals surface area contributed by atoms with Gasteiger partial charge in [0.1, 0.15) is 17.1 Å². The number of nitrogens with one attached hydrogen (secondary N) is 1. The molecule has 1 aromatic carbocycles. The van der Waals surface area contributed by atoms with Crippen LogP contribution in [0.15, 0.2) is 36.7 Å². The van der Waals surface area contributed by atoms with E-state index >= 15 is 0 Å². The summed E-state index contributed by atoms with van der Waals surface area (Å²) in [6, 6.07) is 7.51. The fourth-order valence-electron chi connectivity index (χ4n) is 2.50. The molecule has 0 spiro atoms. The molecule has 126 valence electrons. The molecule has 24 heavy (non-hydrogen) atoms. The number of nitrogens with two attached hydrogens (primary N) is 1. The zero-order chi connectivity index (χ0) is 17.1. The fraction of sp³-hybridized carbons (Fsp3) is 0.235. The van der Waals surface area contributed by atoms with Crippen LogP contribution in [0.25, 0.3) is 16.9 Å². The number of pyridine rings is 1. The largest absolute Gasteiger partial charge is 0.496 e. The lowest BCUT2D eigenvalue weighted by Crippen LogP contribution is -2.13. The van der Waals surface area contributed by atoms with E-state index in [1.165, 1.54) is 0 Å². The molecule has 6 nitrogen and oxygen atoms in total. The van der Waals surface area contributed by atoms with Gasteiger partial charge in [-0.25, -0.2) is 4.98 Å². The Morgan fingerprint density at radius 3 is 2.71 bits per heavy atom. The molecule has 0 saturated carbocycles. The number of rotatable bonds is 6. The minimum atomic E-state index is 0.510. The van der Waals surface area contributed by atoms with E-state index in [4.69, 9.17) is 26.8 Å². The summed E-state index contributed by atoms with van der Waals surface area (Å²) in [5.74, 6) is 1.22. The number of nitrogens with zero attached hydrogens (tertiary/aromatic N) is 2. The van der Waals surface area contributed by atoms with Crippen LogP contribution in [0.3, 0.4) is 0 Å². The van der Waals surface area contributed by atoms with Gasteiger partial charge in [-0.1, -0.05) is 11.6 Å². The summed E-state index contributed by atoms with van der Waals surface area (Å²) < 4.78 is 12.6. The molecular formula is C17H19ClN4O2. The SMILES string of the molecule is COc1cc(OC)c(-c2cn3ccc(NCCN)cc3n2)cc1Cl. The zero-order valence-corrected chi connectivity index (χ0v) is 14.3. The van der Waals surface area contributed by atoms with E-state index in [0.29, 0.717) is 29.6 Å². The number of fused-ring (bicyclic) bond motifs is 1. The van der Waals surface area contributed by atoms with Crippen molar-refractivity contribution >= 4 is 22.9 Å². The maximum absolute atomic E-state index is 6.25. The third kappa shape index (κ3) is 3.11. The van der Waals surface area contributed by atoms with Gasteiger partial charge in [0, 0.05) is 48.9 Å². The van der Waals surface area contributed by atoms with Crippen LogP contribution in [0.1, 0.15) is 0 Å². The number of halogens is 1. The molecular weight excluding hydrogens is 328 g/mol. The van der Waals surface area contributed by atoms with E-state index < -0.39 is 0 Å². The van der Waals surface area contributed by atoms with Crippen molar-refractivity contribution in [1.29, 1.82) is 0 Å². The van der Waals surface area contributed by atoms with Crippen molar-refractivity contribution in [1.82, 2.24) is 9.38 Å². The van der Waals surface area contributed by atoms with Gasteiger partial charge < -0.3 is 24.9 Å². The third-order valence-electron chi connectivity index (χ3n) is 3.68. The summed E-state index contributed by atoms with van der Waals surface area (Å²) in [7, 11) is 3.18. The smallest absolute Gasteiger partial charge is 0.141 e. The number of anilines is 1. The number of imidazole rings is 1. The van der Waals surface area contributed by atoms with Crippen LogP contribution in [0.2, 0.25) is 5.02 Å². The number of aromatic nitrogens is 2. The molecule has 0 aliphatic carbocycles. The van der Waals surface area contributed by atoms with Crippen LogP contribution in [0, 0.1) is 0 Å². The molecule has 3 aromatic rings. The predicted octanol–water partition coefficient (Wildman–Crippen LogP) is 3.04. The van der Waals surface area contributed by atoms with Crippen molar-refractivity contribution in [3.63, 3.8) is 0 Å².